The van der Waals surface area contributed by atoms with E-state index in [0.29, 0.717) is 22.3 Å². The zero-order chi connectivity index (χ0) is 18.1. The zero-order valence-corrected chi connectivity index (χ0v) is 13.7. The summed E-state index contributed by atoms with van der Waals surface area (Å²) in [5, 5.41) is 0.110. The number of alkyl halides is 3. The quantitative estimate of drug-likeness (QED) is 0.398. The van der Waals surface area contributed by atoms with Crippen LogP contribution in [0.15, 0.2) is 84.9 Å². The molecule has 0 spiro atoms. The maximum atomic E-state index is 14.1. The van der Waals surface area contributed by atoms with Crippen LogP contribution in [0.1, 0.15) is 5.56 Å². The average Bonchev–Trinajstić information content (AvgIpc) is 2.67. The summed E-state index contributed by atoms with van der Waals surface area (Å²) >= 11 is 0. The van der Waals surface area contributed by atoms with Gasteiger partial charge in [-0.2, -0.15) is 13.2 Å². The molecule has 1 nitrogen and oxygen atoms in total. The molecule has 0 aliphatic heterocycles. The molecular formula is C22H14F3N. The topological polar surface area (TPSA) is 12.9 Å². The van der Waals surface area contributed by atoms with E-state index in [1.165, 1.54) is 6.07 Å². The van der Waals surface area contributed by atoms with Gasteiger partial charge < -0.3 is 0 Å². The van der Waals surface area contributed by atoms with Crippen LogP contribution in [0, 0.1) is 0 Å². The minimum atomic E-state index is -4.50. The van der Waals surface area contributed by atoms with Crippen LogP contribution in [0.3, 0.4) is 0 Å². The third-order valence-electron chi connectivity index (χ3n) is 4.29. The number of hydrogen-bond donors (Lipinski definition) is 0. The highest BCUT2D eigenvalue weighted by molar-refractivity contribution is 5.96. The van der Waals surface area contributed by atoms with E-state index in [2.05, 4.69) is 4.98 Å². The van der Waals surface area contributed by atoms with E-state index in [4.69, 9.17) is 0 Å². The molecule has 1 heterocycles. The molecule has 0 aliphatic carbocycles. The van der Waals surface area contributed by atoms with Crippen molar-refractivity contribution in [1.82, 2.24) is 4.98 Å². The molecule has 128 valence electrons. The summed E-state index contributed by atoms with van der Waals surface area (Å²) in [6.45, 7) is 0. The number of para-hydroxylation sites is 1. The van der Waals surface area contributed by atoms with Crippen molar-refractivity contribution in [2.75, 3.05) is 0 Å². The molecule has 0 aliphatic rings. The van der Waals surface area contributed by atoms with Gasteiger partial charge in [-0.1, -0.05) is 78.9 Å². The first-order valence-corrected chi connectivity index (χ1v) is 8.16. The first-order valence-electron chi connectivity index (χ1n) is 8.16. The molecule has 4 heteroatoms. The second kappa shape index (κ2) is 6.30. The number of halogens is 3. The second-order valence-corrected chi connectivity index (χ2v) is 5.96. The van der Waals surface area contributed by atoms with E-state index < -0.39 is 11.7 Å². The number of hydrogen-bond acceptors (Lipinski definition) is 1. The molecule has 0 saturated carbocycles. The third kappa shape index (κ3) is 2.84. The van der Waals surface area contributed by atoms with E-state index in [-0.39, 0.29) is 10.9 Å². The molecule has 0 unspecified atom stereocenters. The van der Waals surface area contributed by atoms with Crippen molar-refractivity contribution < 1.29 is 13.2 Å². The minimum Gasteiger partial charge on any atom is -0.247 e. The van der Waals surface area contributed by atoms with E-state index in [1.807, 2.05) is 6.07 Å². The summed E-state index contributed by atoms with van der Waals surface area (Å²) in [6.07, 6.45) is -4.50. The Kier molecular flexibility index (Phi) is 3.96. The largest absolute Gasteiger partial charge is 0.417 e. The van der Waals surface area contributed by atoms with Crippen LogP contribution < -0.4 is 0 Å². The summed E-state index contributed by atoms with van der Waals surface area (Å²) < 4.78 is 42.4. The van der Waals surface area contributed by atoms with Gasteiger partial charge in [0.25, 0.3) is 0 Å². The minimum absolute atomic E-state index is 0.110. The average molecular weight is 349 g/mol. The fourth-order valence-corrected chi connectivity index (χ4v) is 3.20. The molecule has 0 N–H and O–H groups in total. The van der Waals surface area contributed by atoms with Gasteiger partial charge in [0.2, 0.25) is 0 Å². The highest BCUT2D eigenvalue weighted by Crippen LogP contribution is 2.45. The number of aromatic nitrogens is 1. The molecule has 0 fully saturated rings. The lowest BCUT2D eigenvalue weighted by atomic mass is 9.91. The van der Waals surface area contributed by atoms with Crippen molar-refractivity contribution in [3.63, 3.8) is 0 Å². The predicted octanol–water partition coefficient (Wildman–Crippen LogP) is 6.59. The molecule has 26 heavy (non-hydrogen) atoms. The Labute approximate surface area is 148 Å². The highest BCUT2D eigenvalue weighted by Gasteiger charge is 2.37. The van der Waals surface area contributed by atoms with E-state index in [1.54, 1.807) is 72.8 Å². The molecule has 0 atom stereocenters. The molecule has 4 rings (SSSR count). The van der Waals surface area contributed by atoms with Crippen LogP contribution in [-0.2, 0) is 6.18 Å². The number of benzene rings is 3. The summed E-state index contributed by atoms with van der Waals surface area (Å²) in [6, 6.07) is 24.0. The normalized spacial score (nSPS) is 11.7. The number of rotatable bonds is 2. The Bertz CT molecular complexity index is 1060. The molecule has 3 aromatic carbocycles. The molecule has 0 amide bonds. The first-order chi connectivity index (χ1) is 12.6. The van der Waals surface area contributed by atoms with Crippen molar-refractivity contribution >= 4 is 10.9 Å². The first kappa shape index (κ1) is 16.3. The van der Waals surface area contributed by atoms with E-state index in [9.17, 15) is 13.2 Å². The van der Waals surface area contributed by atoms with Crippen molar-refractivity contribution in [2.45, 2.75) is 6.18 Å². The Balaban J connectivity index is 2.20. The van der Waals surface area contributed by atoms with Gasteiger partial charge in [0.1, 0.15) is 0 Å². The Hall–Kier alpha value is -3.14. The predicted molar refractivity (Wildman–Crippen MR) is 97.6 cm³/mol. The maximum Gasteiger partial charge on any atom is 0.417 e. The summed E-state index contributed by atoms with van der Waals surface area (Å²) in [5.74, 6) is 0. The SMILES string of the molecule is FC(F)(F)c1c(-c2ccccc2)c(-c2ccccc2)nc2ccccc12. The van der Waals surface area contributed by atoms with Gasteiger partial charge in [-0.15, -0.1) is 0 Å². The molecule has 0 bridgehead atoms. The number of fused-ring (bicyclic) bond motifs is 1. The monoisotopic (exact) mass is 349 g/mol. The van der Waals surface area contributed by atoms with Crippen molar-refractivity contribution in [3.8, 4) is 22.4 Å². The van der Waals surface area contributed by atoms with Crippen LogP contribution in [0.4, 0.5) is 13.2 Å². The van der Waals surface area contributed by atoms with Gasteiger partial charge in [-0.3, -0.25) is 0 Å². The molecule has 0 saturated heterocycles. The zero-order valence-electron chi connectivity index (χ0n) is 13.7. The lowest BCUT2D eigenvalue weighted by Gasteiger charge is -2.19. The number of pyridine rings is 1. The van der Waals surface area contributed by atoms with Gasteiger partial charge in [0.05, 0.1) is 16.8 Å². The van der Waals surface area contributed by atoms with Crippen LogP contribution in [0.25, 0.3) is 33.3 Å². The third-order valence-corrected chi connectivity index (χ3v) is 4.29. The van der Waals surface area contributed by atoms with Crippen molar-refractivity contribution in [1.29, 1.82) is 0 Å². The summed E-state index contributed by atoms with van der Waals surface area (Å²) in [7, 11) is 0. The molecule has 0 radical (unpaired) electrons. The fraction of sp³-hybridized carbons (Fsp3) is 0.0455. The maximum absolute atomic E-state index is 14.1. The molecule has 1 aromatic heterocycles. The second-order valence-electron chi connectivity index (χ2n) is 5.96. The van der Waals surface area contributed by atoms with Crippen molar-refractivity contribution in [3.05, 3.63) is 90.5 Å². The van der Waals surface area contributed by atoms with Gasteiger partial charge in [-0.25, -0.2) is 4.98 Å². The van der Waals surface area contributed by atoms with E-state index in [0.717, 1.165) is 0 Å². The van der Waals surface area contributed by atoms with Crippen molar-refractivity contribution in [2.24, 2.45) is 0 Å². The Morgan fingerprint density at radius 3 is 1.77 bits per heavy atom. The molecular weight excluding hydrogens is 335 g/mol. The summed E-state index contributed by atoms with van der Waals surface area (Å²) in [4.78, 5) is 4.60. The fourth-order valence-electron chi connectivity index (χ4n) is 3.20. The van der Waals surface area contributed by atoms with Gasteiger partial charge >= 0.3 is 6.18 Å². The van der Waals surface area contributed by atoms with Crippen LogP contribution >= 0.6 is 0 Å². The molecule has 4 aromatic rings. The smallest absolute Gasteiger partial charge is 0.247 e. The Morgan fingerprint density at radius 1 is 0.615 bits per heavy atom. The number of nitrogens with zero attached hydrogens (tertiary/aromatic N) is 1. The lowest BCUT2D eigenvalue weighted by Crippen LogP contribution is -2.10. The van der Waals surface area contributed by atoms with Gasteiger partial charge in [0, 0.05) is 16.5 Å². The lowest BCUT2D eigenvalue weighted by molar-refractivity contribution is -0.135. The highest BCUT2D eigenvalue weighted by atomic mass is 19.4. The van der Waals surface area contributed by atoms with E-state index >= 15 is 0 Å². The van der Waals surface area contributed by atoms with Crippen LogP contribution in [-0.4, -0.2) is 4.98 Å². The van der Waals surface area contributed by atoms with Gasteiger partial charge in [-0.05, 0) is 11.6 Å². The Morgan fingerprint density at radius 2 is 1.15 bits per heavy atom. The van der Waals surface area contributed by atoms with Gasteiger partial charge in [0.15, 0.2) is 0 Å². The van der Waals surface area contributed by atoms with Crippen LogP contribution in [0.5, 0.6) is 0 Å². The summed E-state index contributed by atoms with van der Waals surface area (Å²) in [5.41, 5.74) is 1.29. The standard InChI is InChI=1S/C22H14F3N/c23-22(24,25)20-17-13-7-8-14-18(17)26-21(16-11-5-2-6-12-16)19(20)15-9-3-1-4-10-15/h1-14H. The van der Waals surface area contributed by atoms with Crippen LogP contribution in [0.2, 0.25) is 0 Å².